The van der Waals surface area contributed by atoms with E-state index in [-0.39, 0.29) is 18.4 Å². The van der Waals surface area contributed by atoms with Gasteiger partial charge in [-0.05, 0) is 30.3 Å². The average molecular weight is 384 g/mol. The first-order valence-electron chi connectivity index (χ1n) is 9.09. The van der Waals surface area contributed by atoms with E-state index in [1.165, 1.54) is 0 Å². The molecule has 2 aromatic rings. The van der Waals surface area contributed by atoms with Gasteiger partial charge in [-0.1, -0.05) is 18.2 Å². The highest BCUT2D eigenvalue weighted by atomic mass is 16.5. The highest BCUT2D eigenvalue weighted by molar-refractivity contribution is 5.94. The van der Waals surface area contributed by atoms with Crippen molar-refractivity contribution in [1.82, 2.24) is 9.80 Å². The number of carbonyl (C=O) groups excluding carboxylic acids is 2. The summed E-state index contributed by atoms with van der Waals surface area (Å²) in [6.07, 6.45) is 0. The molecule has 148 valence electrons. The average Bonchev–Trinajstić information content (AvgIpc) is 2.77. The minimum Gasteiger partial charge on any atom is -0.497 e. The van der Waals surface area contributed by atoms with Gasteiger partial charge < -0.3 is 24.0 Å². The lowest BCUT2D eigenvalue weighted by Crippen LogP contribution is -2.51. The molecular formula is C21H24N2O5. The Hall–Kier alpha value is -3.22. The van der Waals surface area contributed by atoms with Gasteiger partial charge in [-0.25, -0.2) is 0 Å². The minimum absolute atomic E-state index is 0.0590. The number of para-hydroxylation sites is 2. The summed E-state index contributed by atoms with van der Waals surface area (Å²) in [5.74, 6) is 1.60. The van der Waals surface area contributed by atoms with E-state index in [0.717, 1.165) is 0 Å². The number of nitrogens with zero attached hydrogens (tertiary/aromatic N) is 2. The smallest absolute Gasteiger partial charge is 0.260 e. The lowest BCUT2D eigenvalue weighted by molar-refractivity contribution is -0.134. The van der Waals surface area contributed by atoms with Crippen LogP contribution in [-0.2, 0) is 4.79 Å². The van der Waals surface area contributed by atoms with E-state index < -0.39 is 0 Å². The number of amides is 2. The molecule has 0 atom stereocenters. The number of hydrogen-bond acceptors (Lipinski definition) is 5. The molecule has 2 amide bonds. The molecule has 7 nitrogen and oxygen atoms in total. The maximum atomic E-state index is 12.7. The molecule has 3 rings (SSSR count). The van der Waals surface area contributed by atoms with Crippen LogP contribution in [0.3, 0.4) is 0 Å². The molecule has 0 bridgehead atoms. The van der Waals surface area contributed by atoms with Gasteiger partial charge in [0.05, 0.1) is 14.2 Å². The third-order valence-electron chi connectivity index (χ3n) is 4.66. The first-order valence-corrected chi connectivity index (χ1v) is 9.09. The fourth-order valence-corrected chi connectivity index (χ4v) is 3.07. The van der Waals surface area contributed by atoms with Gasteiger partial charge in [0.25, 0.3) is 11.8 Å². The molecule has 2 aromatic carbocycles. The minimum atomic E-state index is -0.112. The van der Waals surface area contributed by atoms with Gasteiger partial charge in [-0.3, -0.25) is 9.59 Å². The fraction of sp³-hybridized carbons (Fsp3) is 0.333. The van der Waals surface area contributed by atoms with E-state index in [2.05, 4.69) is 0 Å². The summed E-state index contributed by atoms with van der Waals surface area (Å²) >= 11 is 0. The normalized spacial score (nSPS) is 13.8. The van der Waals surface area contributed by atoms with Gasteiger partial charge in [-0.15, -0.1) is 0 Å². The maximum Gasteiger partial charge on any atom is 0.260 e. The highest BCUT2D eigenvalue weighted by Gasteiger charge is 2.25. The van der Waals surface area contributed by atoms with E-state index in [0.29, 0.717) is 49.0 Å². The van der Waals surface area contributed by atoms with Crippen LogP contribution in [-0.4, -0.2) is 68.6 Å². The van der Waals surface area contributed by atoms with Crippen LogP contribution >= 0.6 is 0 Å². The second-order valence-electron chi connectivity index (χ2n) is 6.34. The van der Waals surface area contributed by atoms with Crippen LogP contribution in [0.1, 0.15) is 10.4 Å². The molecule has 0 aliphatic carbocycles. The number of piperazine rings is 1. The number of ether oxygens (including phenoxy) is 3. The Morgan fingerprint density at radius 1 is 0.857 bits per heavy atom. The monoisotopic (exact) mass is 384 g/mol. The van der Waals surface area contributed by atoms with Gasteiger partial charge in [0.1, 0.15) is 5.75 Å². The summed E-state index contributed by atoms with van der Waals surface area (Å²) in [4.78, 5) is 28.6. The molecule has 0 spiro atoms. The number of carbonyl (C=O) groups is 2. The van der Waals surface area contributed by atoms with Crippen molar-refractivity contribution in [2.75, 3.05) is 47.0 Å². The van der Waals surface area contributed by atoms with Crippen LogP contribution in [0.2, 0.25) is 0 Å². The SMILES string of the molecule is COc1cccc(C(=O)N2CCN(C(=O)COc3ccccc3OC)CC2)c1. The van der Waals surface area contributed by atoms with Gasteiger partial charge in [0, 0.05) is 31.7 Å². The molecule has 1 aliphatic heterocycles. The molecule has 0 N–H and O–H groups in total. The van der Waals surface area contributed by atoms with Crippen molar-refractivity contribution in [1.29, 1.82) is 0 Å². The van der Waals surface area contributed by atoms with Crippen molar-refractivity contribution in [3.63, 3.8) is 0 Å². The Morgan fingerprint density at radius 3 is 2.21 bits per heavy atom. The first kappa shape index (κ1) is 19.5. The quantitative estimate of drug-likeness (QED) is 0.763. The summed E-state index contributed by atoms with van der Waals surface area (Å²) in [6, 6.07) is 14.3. The molecule has 7 heteroatoms. The van der Waals surface area contributed by atoms with Crippen LogP contribution < -0.4 is 14.2 Å². The zero-order chi connectivity index (χ0) is 19.9. The van der Waals surface area contributed by atoms with Gasteiger partial charge in [0.2, 0.25) is 0 Å². The van der Waals surface area contributed by atoms with Crippen LogP contribution in [0.15, 0.2) is 48.5 Å². The van der Waals surface area contributed by atoms with E-state index in [9.17, 15) is 9.59 Å². The molecule has 0 saturated carbocycles. The summed E-state index contributed by atoms with van der Waals surface area (Å²) < 4.78 is 16.0. The largest absolute Gasteiger partial charge is 0.497 e. The zero-order valence-electron chi connectivity index (χ0n) is 16.1. The van der Waals surface area contributed by atoms with E-state index in [1.807, 2.05) is 12.1 Å². The molecule has 28 heavy (non-hydrogen) atoms. The Labute approximate surface area is 164 Å². The lowest BCUT2D eigenvalue weighted by atomic mass is 10.1. The van der Waals surface area contributed by atoms with Crippen LogP contribution in [0, 0.1) is 0 Å². The topological polar surface area (TPSA) is 68.3 Å². The van der Waals surface area contributed by atoms with Crippen molar-refractivity contribution in [3.8, 4) is 17.2 Å². The van der Waals surface area contributed by atoms with Gasteiger partial charge in [0.15, 0.2) is 18.1 Å². The van der Waals surface area contributed by atoms with Crippen LogP contribution in [0.25, 0.3) is 0 Å². The van der Waals surface area contributed by atoms with Crippen molar-refractivity contribution < 1.29 is 23.8 Å². The Morgan fingerprint density at radius 2 is 1.54 bits per heavy atom. The summed E-state index contributed by atoms with van der Waals surface area (Å²) in [6.45, 7) is 1.85. The third-order valence-corrected chi connectivity index (χ3v) is 4.66. The predicted octanol–water partition coefficient (Wildman–Crippen LogP) is 2.07. The summed E-state index contributed by atoms with van der Waals surface area (Å²) in [5.41, 5.74) is 0.582. The van der Waals surface area contributed by atoms with Crippen LogP contribution in [0.5, 0.6) is 17.2 Å². The lowest BCUT2D eigenvalue weighted by Gasteiger charge is -2.34. The molecule has 1 heterocycles. The summed E-state index contributed by atoms with van der Waals surface area (Å²) in [7, 11) is 3.13. The molecule has 1 saturated heterocycles. The summed E-state index contributed by atoms with van der Waals surface area (Å²) in [5, 5.41) is 0. The second-order valence-corrected chi connectivity index (χ2v) is 6.34. The highest BCUT2D eigenvalue weighted by Crippen LogP contribution is 2.25. The van der Waals surface area contributed by atoms with E-state index >= 15 is 0 Å². The molecule has 0 unspecified atom stereocenters. The molecule has 1 aliphatic rings. The number of rotatable bonds is 6. The van der Waals surface area contributed by atoms with Gasteiger partial charge >= 0.3 is 0 Å². The van der Waals surface area contributed by atoms with Crippen molar-refractivity contribution in [3.05, 3.63) is 54.1 Å². The molecular weight excluding hydrogens is 360 g/mol. The fourth-order valence-electron chi connectivity index (χ4n) is 3.07. The number of hydrogen-bond donors (Lipinski definition) is 0. The number of methoxy groups -OCH3 is 2. The third kappa shape index (κ3) is 4.54. The Bertz CT molecular complexity index is 831. The molecule has 0 aromatic heterocycles. The Balaban J connectivity index is 1.51. The molecule has 0 radical (unpaired) electrons. The van der Waals surface area contributed by atoms with Gasteiger partial charge in [-0.2, -0.15) is 0 Å². The standard InChI is InChI=1S/C21H24N2O5/c1-26-17-7-5-6-16(14-17)21(25)23-12-10-22(11-13-23)20(24)15-28-19-9-4-3-8-18(19)27-2/h3-9,14H,10-13,15H2,1-2H3. The van der Waals surface area contributed by atoms with E-state index in [1.54, 1.807) is 60.4 Å². The Kier molecular flexibility index (Phi) is 6.37. The zero-order valence-corrected chi connectivity index (χ0v) is 16.1. The van der Waals surface area contributed by atoms with Crippen molar-refractivity contribution in [2.45, 2.75) is 0 Å². The van der Waals surface area contributed by atoms with Crippen molar-refractivity contribution in [2.24, 2.45) is 0 Å². The predicted molar refractivity (Wildman–Crippen MR) is 104 cm³/mol. The number of benzene rings is 2. The van der Waals surface area contributed by atoms with Crippen LogP contribution in [0.4, 0.5) is 0 Å². The molecule has 1 fully saturated rings. The van der Waals surface area contributed by atoms with Crippen molar-refractivity contribution >= 4 is 11.8 Å². The maximum absolute atomic E-state index is 12.7. The first-order chi connectivity index (χ1) is 13.6. The van der Waals surface area contributed by atoms with E-state index in [4.69, 9.17) is 14.2 Å². The second kappa shape index (κ2) is 9.12.